The van der Waals surface area contributed by atoms with Gasteiger partial charge >= 0.3 is 18.3 Å². The predicted molar refractivity (Wildman–Crippen MR) is 116 cm³/mol. The fourth-order valence-corrected chi connectivity index (χ4v) is 4.40. The number of benzene rings is 2. The summed E-state index contributed by atoms with van der Waals surface area (Å²) >= 11 is 0. The summed E-state index contributed by atoms with van der Waals surface area (Å²) in [5.74, 6) is -1.91. The Kier molecular flexibility index (Phi) is 7.65. The molecule has 186 valence electrons. The van der Waals surface area contributed by atoms with Crippen LogP contribution >= 0.6 is 0 Å². The Balaban J connectivity index is 2.07. The lowest BCUT2D eigenvalue weighted by Crippen LogP contribution is -2.46. The van der Waals surface area contributed by atoms with Gasteiger partial charge in [-0.3, -0.25) is 10.1 Å². The van der Waals surface area contributed by atoms with E-state index in [0.717, 1.165) is 12.1 Å². The Bertz CT molecular complexity index is 998. The minimum Gasteiger partial charge on any atom is -0.481 e. The number of hydrogen-bond donors (Lipinski definition) is 2. The number of nitrogens with one attached hydrogen (secondary N) is 1. The Morgan fingerprint density at radius 2 is 1.65 bits per heavy atom. The zero-order valence-corrected chi connectivity index (χ0v) is 18.8. The topological polar surface area (TPSA) is 49.3 Å². The molecule has 1 aliphatic heterocycles. The van der Waals surface area contributed by atoms with Gasteiger partial charge in [0, 0.05) is 6.04 Å². The maximum absolute atomic E-state index is 13.3. The Morgan fingerprint density at radius 1 is 1.00 bits per heavy atom. The first-order valence-electron chi connectivity index (χ1n) is 11.1. The first kappa shape index (κ1) is 26.1. The molecule has 3 rings (SSSR count). The van der Waals surface area contributed by atoms with Crippen molar-refractivity contribution in [3.63, 3.8) is 0 Å². The van der Waals surface area contributed by atoms with Crippen LogP contribution in [0.25, 0.3) is 11.1 Å². The lowest BCUT2D eigenvalue weighted by molar-refractivity contribution is -0.163. The van der Waals surface area contributed by atoms with Crippen molar-refractivity contribution < 1.29 is 36.2 Å². The number of alkyl halides is 6. The van der Waals surface area contributed by atoms with E-state index in [2.05, 4.69) is 5.32 Å². The molecule has 9 heteroatoms. The van der Waals surface area contributed by atoms with Gasteiger partial charge in [0.05, 0.1) is 11.5 Å². The molecule has 2 aromatic carbocycles. The number of hydrogen-bond acceptors (Lipinski definition) is 2. The molecule has 2 N–H and O–H groups in total. The minimum atomic E-state index is -4.50. The summed E-state index contributed by atoms with van der Waals surface area (Å²) in [5, 5.41) is 12.5. The molecular formula is C25H27F6NO2. The van der Waals surface area contributed by atoms with Crippen LogP contribution in [0.2, 0.25) is 0 Å². The van der Waals surface area contributed by atoms with Crippen LogP contribution in [0.4, 0.5) is 26.3 Å². The smallest absolute Gasteiger partial charge is 0.416 e. The van der Waals surface area contributed by atoms with Gasteiger partial charge in [0.15, 0.2) is 0 Å². The van der Waals surface area contributed by atoms with Crippen LogP contribution in [0, 0.1) is 5.92 Å². The Hall–Kier alpha value is -2.55. The number of carbonyl (C=O) groups is 1. The number of carboxylic acid groups (broad SMARTS) is 1. The van der Waals surface area contributed by atoms with Crippen LogP contribution in [0.15, 0.2) is 42.5 Å². The quantitative estimate of drug-likeness (QED) is 0.420. The van der Waals surface area contributed by atoms with Crippen LogP contribution in [-0.4, -0.2) is 23.3 Å². The van der Waals surface area contributed by atoms with Crippen LogP contribution in [0.1, 0.15) is 68.2 Å². The molecule has 0 radical (unpaired) electrons. The van der Waals surface area contributed by atoms with E-state index in [1.165, 1.54) is 12.1 Å². The molecule has 1 fully saturated rings. The number of piperidine rings is 1. The zero-order valence-electron chi connectivity index (χ0n) is 18.8. The van der Waals surface area contributed by atoms with E-state index in [-0.39, 0.29) is 12.3 Å². The lowest BCUT2D eigenvalue weighted by atomic mass is 9.84. The van der Waals surface area contributed by atoms with E-state index in [1.807, 2.05) is 13.8 Å². The summed E-state index contributed by atoms with van der Waals surface area (Å²) < 4.78 is 78.9. The van der Waals surface area contributed by atoms with E-state index >= 15 is 0 Å². The second-order valence-electron chi connectivity index (χ2n) is 9.23. The average Bonchev–Trinajstić information content (AvgIpc) is 2.76. The van der Waals surface area contributed by atoms with Crippen LogP contribution in [-0.2, 0) is 11.0 Å². The minimum absolute atomic E-state index is 0.0432. The highest BCUT2D eigenvalue weighted by Crippen LogP contribution is 2.38. The molecular weight excluding hydrogens is 460 g/mol. The lowest BCUT2D eigenvalue weighted by Gasteiger charge is -2.33. The van der Waals surface area contributed by atoms with Gasteiger partial charge in [-0.05, 0) is 72.1 Å². The van der Waals surface area contributed by atoms with Crippen molar-refractivity contribution in [1.29, 1.82) is 0 Å². The number of aliphatic carboxylic acids is 1. The van der Waals surface area contributed by atoms with Gasteiger partial charge in [0.1, 0.15) is 6.04 Å². The third-order valence-electron chi connectivity index (χ3n) is 6.12. The van der Waals surface area contributed by atoms with Crippen molar-refractivity contribution in [2.45, 2.75) is 69.9 Å². The summed E-state index contributed by atoms with van der Waals surface area (Å²) in [6, 6.07) is 6.98. The Morgan fingerprint density at radius 3 is 2.18 bits per heavy atom. The number of carboxylic acids is 1. The predicted octanol–water partition coefficient (Wildman–Crippen LogP) is 7.33. The van der Waals surface area contributed by atoms with E-state index in [9.17, 15) is 36.2 Å². The molecule has 1 saturated heterocycles. The van der Waals surface area contributed by atoms with Crippen molar-refractivity contribution >= 4 is 5.97 Å². The summed E-state index contributed by atoms with van der Waals surface area (Å²) in [5.41, 5.74) is 0.985. The maximum atomic E-state index is 13.3. The molecule has 1 aliphatic rings. The molecule has 0 unspecified atom stereocenters. The van der Waals surface area contributed by atoms with Crippen molar-refractivity contribution in [3.05, 3.63) is 59.2 Å². The van der Waals surface area contributed by atoms with Crippen LogP contribution < -0.4 is 5.32 Å². The van der Waals surface area contributed by atoms with Crippen molar-refractivity contribution in [1.82, 2.24) is 5.32 Å². The highest BCUT2D eigenvalue weighted by molar-refractivity contribution is 5.77. The average molecular weight is 487 g/mol. The van der Waals surface area contributed by atoms with Gasteiger partial charge in [-0.2, -0.15) is 26.3 Å². The molecule has 1 heterocycles. The maximum Gasteiger partial charge on any atom is 0.416 e. The van der Waals surface area contributed by atoms with Gasteiger partial charge in [0.25, 0.3) is 0 Å². The highest BCUT2D eigenvalue weighted by atomic mass is 19.4. The first-order valence-corrected chi connectivity index (χ1v) is 11.1. The van der Waals surface area contributed by atoms with Gasteiger partial charge in [-0.1, -0.05) is 38.1 Å². The molecule has 0 saturated carbocycles. The van der Waals surface area contributed by atoms with Crippen molar-refractivity contribution in [2.75, 3.05) is 0 Å². The van der Waals surface area contributed by atoms with Crippen LogP contribution in [0.5, 0.6) is 0 Å². The molecule has 0 aliphatic carbocycles. The molecule has 0 bridgehead atoms. The summed E-state index contributed by atoms with van der Waals surface area (Å²) in [6.45, 7) is 3.74. The van der Waals surface area contributed by atoms with E-state index in [0.29, 0.717) is 41.5 Å². The third-order valence-corrected chi connectivity index (χ3v) is 6.12. The monoisotopic (exact) mass is 487 g/mol. The summed E-state index contributed by atoms with van der Waals surface area (Å²) in [6.07, 6.45) is -7.87. The molecule has 3 atom stereocenters. The van der Waals surface area contributed by atoms with Crippen molar-refractivity contribution in [3.8, 4) is 11.1 Å². The standard InChI is InChI=1S/C25H27F6NO2/c1-14(2)10-20(23(33)34)17-11-16(15-6-8-19(9-7-15)24(26,27)28)12-18(13-17)21-4-3-5-22(32-21)25(29,30)31/h6-9,11-14,20-22,32H,3-5,10H2,1-2H3,(H,33,34)/t20-,21+,22-/m1/s1. The van der Waals surface area contributed by atoms with Crippen LogP contribution in [0.3, 0.4) is 0 Å². The fourth-order valence-electron chi connectivity index (χ4n) is 4.40. The molecule has 34 heavy (non-hydrogen) atoms. The third kappa shape index (κ3) is 6.31. The van der Waals surface area contributed by atoms with Gasteiger partial charge in [0.2, 0.25) is 0 Å². The highest BCUT2D eigenvalue weighted by Gasteiger charge is 2.42. The molecule has 3 nitrogen and oxygen atoms in total. The SMILES string of the molecule is CC(C)C[C@@H](C(=O)O)c1cc(-c2ccc(C(F)(F)F)cc2)cc([C@@H]2CCC[C@H](C(F)(F)F)N2)c1. The number of rotatable bonds is 6. The van der Waals surface area contributed by atoms with E-state index in [1.54, 1.807) is 18.2 Å². The first-order chi connectivity index (χ1) is 15.8. The van der Waals surface area contributed by atoms with Gasteiger partial charge in [-0.15, -0.1) is 0 Å². The second-order valence-corrected chi connectivity index (χ2v) is 9.23. The van der Waals surface area contributed by atoms with E-state index in [4.69, 9.17) is 0 Å². The van der Waals surface area contributed by atoms with E-state index < -0.39 is 41.9 Å². The normalized spacial score (nSPS) is 20.4. The van der Waals surface area contributed by atoms with Gasteiger partial charge in [-0.25, -0.2) is 0 Å². The molecule has 0 aromatic heterocycles. The zero-order chi connectivity index (χ0) is 25.3. The van der Waals surface area contributed by atoms with Crippen molar-refractivity contribution in [2.24, 2.45) is 5.92 Å². The molecule has 0 spiro atoms. The number of halogens is 6. The Labute approximate surface area is 194 Å². The molecule has 2 aromatic rings. The fraction of sp³-hybridized carbons (Fsp3) is 0.480. The second kappa shape index (κ2) is 9.98. The largest absolute Gasteiger partial charge is 0.481 e. The summed E-state index contributed by atoms with van der Waals surface area (Å²) in [4.78, 5) is 12.0. The van der Waals surface area contributed by atoms with Gasteiger partial charge < -0.3 is 5.11 Å². The summed E-state index contributed by atoms with van der Waals surface area (Å²) in [7, 11) is 0. The molecule has 0 amide bonds.